The van der Waals surface area contributed by atoms with Gasteiger partial charge in [-0.1, -0.05) is 24.8 Å². The average Bonchev–Trinajstić information content (AvgIpc) is 2.79. The van der Waals surface area contributed by atoms with Gasteiger partial charge in [-0.15, -0.1) is 0 Å². The molecule has 21 heavy (non-hydrogen) atoms. The molecule has 1 aromatic heterocycles. The fourth-order valence-electron chi connectivity index (χ4n) is 2.20. The van der Waals surface area contributed by atoms with Crippen LogP contribution in [0.3, 0.4) is 0 Å². The number of hydrogen-bond donors (Lipinski definition) is 1. The first-order valence-electron chi connectivity index (χ1n) is 6.93. The van der Waals surface area contributed by atoms with Gasteiger partial charge in [-0.3, -0.25) is 4.79 Å². The number of carboxylic acid groups (broad SMARTS) is 1. The van der Waals surface area contributed by atoms with Crippen LogP contribution in [0.15, 0.2) is 23.4 Å². The van der Waals surface area contributed by atoms with Crippen molar-refractivity contribution in [2.45, 2.75) is 32.0 Å². The van der Waals surface area contributed by atoms with E-state index in [2.05, 4.69) is 41.6 Å². The fourth-order valence-corrected chi connectivity index (χ4v) is 3.76. The lowest BCUT2D eigenvalue weighted by molar-refractivity contribution is -0.133. The second-order valence-corrected chi connectivity index (χ2v) is 7.21. The van der Waals surface area contributed by atoms with Crippen molar-refractivity contribution in [3.63, 3.8) is 0 Å². The first kappa shape index (κ1) is 16.2. The second-order valence-electron chi connectivity index (χ2n) is 4.95. The molecule has 1 heterocycles. The van der Waals surface area contributed by atoms with Crippen molar-refractivity contribution in [3.05, 3.63) is 23.8 Å². The Labute approximate surface area is 133 Å². The van der Waals surface area contributed by atoms with Crippen molar-refractivity contribution in [3.8, 4) is 0 Å². The Balaban J connectivity index is 2.41. The molecule has 0 amide bonds. The van der Waals surface area contributed by atoms with Gasteiger partial charge in [-0.25, -0.2) is 4.98 Å². The monoisotopic (exact) mass is 324 g/mol. The summed E-state index contributed by atoms with van der Waals surface area (Å²) in [5, 5.41) is 9.70. The van der Waals surface area contributed by atoms with Crippen LogP contribution in [0.1, 0.15) is 25.5 Å². The van der Waals surface area contributed by atoms with Crippen LogP contribution in [0.5, 0.6) is 0 Å². The number of hydrogen-bond acceptors (Lipinski definition) is 4. The van der Waals surface area contributed by atoms with Gasteiger partial charge in [-0.2, -0.15) is 11.8 Å². The van der Waals surface area contributed by atoms with Crippen molar-refractivity contribution in [2.75, 3.05) is 17.3 Å². The van der Waals surface area contributed by atoms with E-state index in [1.807, 2.05) is 18.7 Å². The highest BCUT2D eigenvalue weighted by atomic mass is 32.2. The van der Waals surface area contributed by atoms with Crippen LogP contribution in [-0.4, -0.2) is 37.9 Å². The molecular formula is C15H20N2O2S2. The number of carboxylic acids is 1. The molecule has 6 heteroatoms. The van der Waals surface area contributed by atoms with Gasteiger partial charge in [0.1, 0.15) is 0 Å². The third kappa shape index (κ3) is 3.95. The molecule has 0 spiro atoms. The zero-order valence-electron chi connectivity index (χ0n) is 12.5. The molecule has 2 rings (SSSR count). The van der Waals surface area contributed by atoms with Crippen molar-refractivity contribution < 1.29 is 9.90 Å². The Morgan fingerprint density at radius 1 is 1.48 bits per heavy atom. The Morgan fingerprint density at radius 3 is 2.90 bits per heavy atom. The minimum atomic E-state index is -0.814. The van der Waals surface area contributed by atoms with Gasteiger partial charge in [0, 0.05) is 11.8 Å². The summed E-state index contributed by atoms with van der Waals surface area (Å²) in [6.07, 6.45) is 0. The summed E-state index contributed by atoms with van der Waals surface area (Å²) >= 11 is 3.18. The van der Waals surface area contributed by atoms with Gasteiger partial charge >= 0.3 is 5.97 Å². The molecule has 1 aromatic carbocycles. The standard InChI is InChI=1S/C15H20N2O2S2/c1-4-20-8-11(3)17-13-6-5-10(2)7-12(13)16-15(17)21-9-14(18)19/h5-7,11H,4,8-9H2,1-3H3,(H,18,19). The largest absolute Gasteiger partial charge is 0.481 e. The number of thioether (sulfide) groups is 2. The Bertz CT molecular complexity index is 640. The van der Waals surface area contributed by atoms with Crippen molar-refractivity contribution in [2.24, 2.45) is 0 Å². The van der Waals surface area contributed by atoms with Crippen molar-refractivity contribution in [1.82, 2.24) is 9.55 Å². The molecule has 2 aromatic rings. The molecule has 4 nitrogen and oxygen atoms in total. The molecule has 0 saturated carbocycles. The zero-order chi connectivity index (χ0) is 15.4. The first-order valence-corrected chi connectivity index (χ1v) is 9.08. The molecule has 114 valence electrons. The second kappa shape index (κ2) is 7.22. The van der Waals surface area contributed by atoms with E-state index in [1.54, 1.807) is 0 Å². The lowest BCUT2D eigenvalue weighted by Crippen LogP contribution is -2.10. The van der Waals surface area contributed by atoms with E-state index in [0.717, 1.165) is 33.3 Å². The zero-order valence-corrected chi connectivity index (χ0v) is 14.1. The van der Waals surface area contributed by atoms with Crippen molar-refractivity contribution in [1.29, 1.82) is 0 Å². The molecule has 0 aliphatic heterocycles. The summed E-state index contributed by atoms with van der Waals surface area (Å²) in [4.78, 5) is 15.5. The van der Waals surface area contributed by atoms with Gasteiger partial charge in [-0.05, 0) is 37.3 Å². The average molecular weight is 324 g/mol. The molecule has 0 radical (unpaired) electrons. The highest BCUT2D eigenvalue weighted by molar-refractivity contribution is 7.99. The van der Waals surface area contributed by atoms with E-state index in [1.165, 1.54) is 11.8 Å². The molecular weight excluding hydrogens is 304 g/mol. The highest BCUT2D eigenvalue weighted by Gasteiger charge is 2.17. The van der Waals surface area contributed by atoms with Crippen LogP contribution < -0.4 is 0 Å². The van der Waals surface area contributed by atoms with E-state index in [0.29, 0.717) is 6.04 Å². The minimum absolute atomic E-state index is 0.0376. The smallest absolute Gasteiger partial charge is 0.313 e. The quantitative estimate of drug-likeness (QED) is 0.784. The number of benzene rings is 1. The third-order valence-electron chi connectivity index (χ3n) is 3.14. The maximum Gasteiger partial charge on any atom is 0.313 e. The van der Waals surface area contributed by atoms with E-state index in [-0.39, 0.29) is 5.75 Å². The van der Waals surface area contributed by atoms with Gasteiger partial charge in [0.2, 0.25) is 0 Å². The van der Waals surface area contributed by atoms with Gasteiger partial charge < -0.3 is 9.67 Å². The minimum Gasteiger partial charge on any atom is -0.481 e. The summed E-state index contributed by atoms with van der Waals surface area (Å²) in [6, 6.07) is 6.50. The number of rotatable bonds is 7. The number of aromatic nitrogens is 2. The normalized spacial score (nSPS) is 12.7. The first-order chi connectivity index (χ1) is 10.0. The number of nitrogens with zero attached hydrogens (tertiary/aromatic N) is 2. The molecule has 1 N–H and O–H groups in total. The number of aliphatic carboxylic acids is 1. The summed E-state index contributed by atoms with van der Waals surface area (Å²) in [6.45, 7) is 6.35. The fraction of sp³-hybridized carbons (Fsp3) is 0.467. The number of aryl methyl sites for hydroxylation is 1. The van der Waals surface area contributed by atoms with Crippen LogP contribution in [-0.2, 0) is 4.79 Å². The van der Waals surface area contributed by atoms with Crippen LogP contribution >= 0.6 is 23.5 Å². The van der Waals surface area contributed by atoms with Crippen molar-refractivity contribution >= 4 is 40.5 Å². The van der Waals surface area contributed by atoms with Crippen LogP contribution in [0.4, 0.5) is 0 Å². The SMILES string of the molecule is CCSCC(C)n1c(SCC(=O)O)nc2cc(C)ccc21. The topological polar surface area (TPSA) is 55.1 Å². The molecule has 0 aliphatic rings. The molecule has 0 saturated heterocycles. The number of fused-ring (bicyclic) bond motifs is 1. The van der Waals surface area contributed by atoms with Crippen LogP contribution in [0.2, 0.25) is 0 Å². The lowest BCUT2D eigenvalue weighted by atomic mass is 10.2. The summed E-state index contributed by atoms with van der Waals surface area (Å²) in [5.41, 5.74) is 3.19. The van der Waals surface area contributed by atoms with Gasteiger partial charge in [0.05, 0.1) is 16.8 Å². The molecule has 1 atom stereocenters. The van der Waals surface area contributed by atoms with E-state index < -0.39 is 5.97 Å². The van der Waals surface area contributed by atoms with Gasteiger partial charge in [0.25, 0.3) is 0 Å². The van der Waals surface area contributed by atoms with E-state index in [4.69, 9.17) is 5.11 Å². The van der Waals surface area contributed by atoms with Crippen LogP contribution in [0.25, 0.3) is 11.0 Å². The van der Waals surface area contributed by atoms with Crippen LogP contribution in [0, 0.1) is 6.92 Å². The Kier molecular flexibility index (Phi) is 5.58. The molecule has 0 aliphatic carbocycles. The predicted molar refractivity (Wildman–Crippen MR) is 90.5 cm³/mol. The summed E-state index contributed by atoms with van der Waals surface area (Å²) in [7, 11) is 0. The number of imidazole rings is 1. The van der Waals surface area contributed by atoms with E-state index >= 15 is 0 Å². The third-order valence-corrected chi connectivity index (χ3v) is 5.21. The predicted octanol–water partition coefficient (Wildman–Crippen LogP) is 3.84. The molecule has 1 unspecified atom stereocenters. The Hall–Kier alpha value is -1.14. The maximum atomic E-state index is 10.8. The maximum absolute atomic E-state index is 10.8. The summed E-state index contributed by atoms with van der Waals surface area (Å²) in [5.74, 6) is 1.30. The lowest BCUT2D eigenvalue weighted by Gasteiger charge is -2.16. The molecule has 0 bridgehead atoms. The van der Waals surface area contributed by atoms with E-state index in [9.17, 15) is 4.79 Å². The highest BCUT2D eigenvalue weighted by Crippen LogP contribution is 2.29. The number of carbonyl (C=O) groups is 1. The Morgan fingerprint density at radius 2 is 2.24 bits per heavy atom. The molecule has 0 fully saturated rings. The van der Waals surface area contributed by atoms with Gasteiger partial charge in [0.15, 0.2) is 5.16 Å². The summed E-state index contributed by atoms with van der Waals surface area (Å²) < 4.78 is 2.17.